The molecule has 0 aromatic heterocycles. The number of nitrogens with zero attached hydrogens (tertiary/aromatic N) is 2. The molecule has 31 heavy (non-hydrogen) atoms. The molecule has 0 unspecified atom stereocenters. The first-order valence-corrected chi connectivity index (χ1v) is 10.2. The number of imide groups is 1. The number of amides is 4. The molecule has 8 nitrogen and oxygen atoms in total. The van der Waals surface area contributed by atoms with Crippen LogP contribution in [0.25, 0.3) is 0 Å². The van der Waals surface area contributed by atoms with Crippen LogP contribution in [0.5, 0.6) is 11.5 Å². The van der Waals surface area contributed by atoms with E-state index in [0.717, 1.165) is 4.90 Å². The van der Waals surface area contributed by atoms with Crippen LogP contribution in [-0.2, 0) is 9.59 Å². The van der Waals surface area contributed by atoms with Crippen molar-refractivity contribution in [3.8, 4) is 11.5 Å². The predicted octanol–water partition coefficient (Wildman–Crippen LogP) is 3.67. The summed E-state index contributed by atoms with van der Waals surface area (Å²) in [7, 11) is 1.54. The van der Waals surface area contributed by atoms with Crippen LogP contribution in [0.4, 0.5) is 16.2 Å². The van der Waals surface area contributed by atoms with E-state index in [4.69, 9.17) is 9.47 Å². The highest BCUT2D eigenvalue weighted by Gasteiger charge is 2.47. The fourth-order valence-electron chi connectivity index (χ4n) is 3.54. The summed E-state index contributed by atoms with van der Waals surface area (Å²) in [6.07, 6.45) is -0.136. The Morgan fingerprint density at radius 2 is 1.65 bits per heavy atom. The molecule has 1 atom stereocenters. The molecule has 0 bridgehead atoms. The van der Waals surface area contributed by atoms with E-state index in [1.165, 1.54) is 4.90 Å². The second-order valence-corrected chi connectivity index (χ2v) is 7.38. The van der Waals surface area contributed by atoms with Crippen molar-refractivity contribution in [3.05, 3.63) is 48.5 Å². The van der Waals surface area contributed by atoms with E-state index >= 15 is 0 Å². The molecule has 3 rings (SSSR count). The van der Waals surface area contributed by atoms with Crippen molar-refractivity contribution in [2.24, 2.45) is 0 Å². The smallest absolute Gasteiger partial charge is 0.332 e. The van der Waals surface area contributed by atoms with E-state index in [0.29, 0.717) is 29.5 Å². The van der Waals surface area contributed by atoms with Crippen LogP contribution in [0.1, 0.15) is 27.2 Å². The first-order chi connectivity index (χ1) is 14.8. The summed E-state index contributed by atoms with van der Waals surface area (Å²) in [4.78, 5) is 41.4. The number of hydrogen-bond acceptors (Lipinski definition) is 5. The van der Waals surface area contributed by atoms with Gasteiger partial charge in [0.25, 0.3) is 5.91 Å². The Balaban J connectivity index is 1.75. The van der Waals surface area contributed by atoms with Gasteiger partial charge in [-0.3, -0.25) is 9.59 Å². The highest BCUT2D eigenvalue weighted by atomic mass is 16.5. The minimum atomic E-state index is -0.878. The van der Waals surface area contributed by atoms with Crippen molar-refractivity contribution in [2.75, 3.05) is 23.9 Å². The second kappa shape index (κ2) is 9.51. The molecule has 4 amide bonds. The van der Waals surface area contributed by atoms with E-state index in [1.54, 1.807) is 55.6 Å². The fourth-order valence-corrected chi connectivity index (χ4v) is 3.54. The molecule has 0 saturated carbocycles. The molecular weight excluding hydrogens is 398 g/mol. The molecule has 164 valence electrons. The van der Waals surface area contributed by atoms with Gasteiger partial charge in [0.1, 0.15) is 17.5 Å². The van der Waals surface area contributed by atoms with E-state index in [-0.39, 0.29) is 18.4 Å². The number of hydrogen-bond donors (Lipinski definition) is 1. The lowest BCUT2D eigenvalue weighted by atomic mass is 10.1. The quantitative estimate of drug-likeness (QED) is 0.652. The lowest BCUT2D eigenvalue weighted by molar-refractivity contribution is -0.124. The molecule has 1 N–H and O–H groups in total. The largest absolute Gasteiger partial charge is 0.497 e. The standard InChI is InChI=1S/C23H27N3O5/c1-5-31-19-10-6-16(7-11-19)24-21(27)14-20-22(28)26(23(29)25(20)15(2)3)17-8-12-18(30-4)13-9-17/h6-13,15,20H,5,14H2,1-4H3,(H,24,27)/t20-/m0/s1. The molecule has 0 spiro atoms. The molecular formula is C23H27N3O5. The molecule has 1 aliphatic rings. The summed E-state index contributed by atoms with van der Waals surface area (Å²) < 4.78 is 10.5. The highest BCUT2D eigenvalue weighted by molar-refractivity contribution is 6.22. The number of nitrogens with one attached hydrogen (secondary N) is 1. The third-order valence-electron chi connectivity index (χ3n) is 4.97. The Labute approximate surface area is 181 Å². The Morgan fingerprint density at radius 3 is 2.19 bits per heavy atom. The van der Waals surface area contributed by atoms with Crippen molar-refractivity contribution in [2.45, 2.75) is 39.3 Å². The maximum Gasteiger partial charge on any atom is 0.332 e. The molecule has 0 aliphatic carbocycles. The summed E-state index contributed by atoms with van der Waals surface area (Å²) in [5.41, 5.74) is 1.03. The SMILES string of the molecule is CCOc1ccc(NC(=O)C[C@H]2C(=O)N(c3ccc(OC)cc3)C(=O)N2C(C)C)cc1. The number of urea groups is 1. The Kier molecular flexibility index (Phi) is 6.79. The molecule has 2 aromatic carbocycles. The first kappa shape index (κ1) is 22.1. The molecule has 8 heteroatoms. The molecule has 0 radical (unpaired) electrons. The minimum absolute atomic E-state index is 0.136. The number of benzene rings is 2. The maximum atomic E-state index is 13.1. The molecule has 1 fully saturated rings. The lowest BCUT2D eigenvalue weighted by Crippen LogP contribution is -2.42. The average molecular weight is 425 g/mol. The van der Waals surface area contributed by atoms with Gasteiger partial charge in [0.15, 0.2) is 0 Å². The summed E-state index contributed by atoms with van der Waals surface area (Å²) in [5.74, 6) is 0.552. The normalized spacial score (nSPS) is 16.1. The van der Waals surface area contributed by atoms with E-state index in [1.807, 2.05) is 20.8 Å². The topological polar surface area (TPSA) is 88.2 Å². The zero-order valence-electron chi connectivity index (χ0n) is 18.1. The Bertz CT molecular complexity index is 941. The number of ether oxygens (including phenoxy) is 2. The average Bonchev–Trinajstić information content (AvgIpc) is 2.99. The minimum Gasteiger partial charge on any atom is -0.497 e. The van der Waals surface area contributed by atoms with Gasteiger partial charge in [-0.25, -0.2) is 9.69 Å². The van der Waals surface area contributed by atoms with Crippen LogP contribution in [0, 0.1) is 0 Å². The predicted molar refractivity (Wildman–Crippen MR) is 117 cm³/mol. The van der Waals surface area contributed by atoms with Gasteiger partial charge in [0, 0.05) is 11.7 Å². The van der Waals surface area contributed by atoms with Gasteiger partial charge in [0.05, 0.1) is 25.8 Å². The Hall–Kier alpha value is -3.55. The van der Waals surface area contributed by atoms with Crippen LogP contribution in [-0.4, -0.2) is 48.5 Å². The summed E-state index contributed by atoms with van der Waals surface area (Å²) in [6, 6.07) is 12.1. The van der Waals surface area contributed by atoms with Crippen molar-refractivity contribution < 1.29 is 23.9 Å². The van der Waals surface area contributed by atoms with Gasteiger partial charge in [-0.05, 0) is 69.3 Å². The number of carbonyl (C=O) groups is 3. The van der Waals surface area contributed by atoms with Crippen molar-refractivity contribution in [1.29, 1.82) is 0 Å². The van der Waals surface area contributed by atoms with Crippen molar-refractivity contribution >= 4 is 29.2 Å². The molecule has 1 heterocycles. The fraction of sp³-hybridized carbons (Fsp3) is 0.348. The lowest BCUT2D eigenvalue weighted by Gasteiger charge is -2.25. The van der Waals surface area contributed by atoms with Crippen molar-refractivity contribution in [3.63, 3.8) is 0 Å². The third kappa shape index (κ3) is 4.79. The van der Waals surface area contributed by atoms with Gasteiger partial charge >= 0.3 is 6.03 Å². The monoisotopic (exact) mass is 425 g/mol. The molecule has 2 aromatic rings. The van der Waals surface area contributed by atoms with Gasteiger partial charge in [-0.15, -0.1) is 0 Å². The van der Waals surface area contributed by atoms with Gasteiger partial charge in [0.2, 0.25) is 5.91 Å². The van der Waals surface area contributed by atoms with E-state index in [9.17, 15) is 14.4 Å². The number of carbonyl (C=O) groups excluding carboxylic acids is 3. The van der Waals surface area contributed by atoms with Gasteiger partial charge in [-0.2, -0.15) is 0 Å². The number of anilines is 2. The van der Waals surface area contributed by atoms with Crippen LogP contribution in [0.15, 0.2) is 48.5 Å². The van der Waals surface area contributed by atoms with Crippen LogP contribution >= 0.6 is 0 Å². The van der Waals surface area contributed by atoms with Crippen LogP contribution in [0.2, 0.25) is 0 Å². The zero-order chi connectivity index (χ0) is 22.5. The second-order valence-electron chi connectivity index (χ2n) is 7.38. The van der Waals surface area contributed by atoms with E-state index < -0.39 is 18.0 Å². The molecule has 1 saturated heterocycles. The maximum absolute atomic E-state index is 13.1. The number of rotatable bonds is 8. The van der Waals surface area contributed by atoms with E-state index in [2.05, 4.69) is 5.32 Å². The van der Waals surface area contributed by atoms with Gasteiger partial charge in [-0.1, -0.05) is 0 Å². The highest BCUT2D eigenvalue weighted by Crippen LogP contribution is 2.30. The number of methoxy groups -OCH3 is 1. The zero-order valence-corrected chi connectivity index (χ0v) is 18.1. The third-order valence-corrected chi connectivity index (χ3v) is 4.97. The first-order valence-electron chi connectivity index (χ1n) is 10.2. The van der Waals surface area contributed by atoms with Crippen LogP contribution in [0.3, 0.4) is 0 Å². The van der Waals surface area contributed by atoms with Crippen LogP contribution < -0.4 is 19.7 Å². The molecule has 1 aliphatic heterocycles. The summed E-state index contributed by atoms with van der Waals surface area (Å²) >= 11 is 0. The van der Waals surface area contributed by atoms with Gasteiger partial charge < -0.3 is 19.7 Å². The Morgan fingerprint density at radius 1 is 1.03 bits per heavy atom. The summed E-state index contributed by atoms with van der Waals surface area (Å²) in [5, 5.41) is 2.78. The van der Waals surface area contributed by atoms with Crippen molar-refractivity contribution in [1.82, 2.24) is 4.90 Å². The summed E-state index contributed by atoms with van der Waals surface area (Å²) in [6.45, 7) is 6.09.